The largest absolute Gasteiger partial charge is 0.272 e. The number of thiophene rings is 1. The van der Waals surface area contributed by atoms with Crippen molar-refractivity contribution in [2.75, 3.05) is 5.75 Å². The van der Waals surface area contributed by atoms with E-state index in [9.17, 15) is 4.79 Å². The van der Waals surface area contributed by atoms with E-state index in [1.54, 1.807) is 22.7 Å². The highest BCUT2D eigenvalue weighted by Crippen LogP contribution is 2.28. The Bertz CT molecular complexity index is 775. The zero-order valence-corrected chi connectivity index (χ0v) is 14.2. The van der Waals surface area contributed by atoms with Gasteiger partial charge in [-0.15, -0.1) is 22.7 Å². The van der Waals surface area contributed by atoms with Crippen molar-refractivity contribution in [2.24, 2.45) is 5.10 Å². The Labute approximate surface area is 140 Å². The van der Waals surface area contributed by atoms with Gasteiger partial charge in [0, 0.05) is 4.88 Å². The summed E-state index contributed by atoms with van der Waals surface area (Å²) in [4.78, 5) is 17.4. The molecule has 0 saturated carbocycles. The van der Waals surface area contributed by atoms with Gasteiger partial charge in [0.2, 0.25) is 0 Å². The van der Waals surface area contributed by atoms with Crippen molar-refractivity contribution in [3.05, 3.63) is 46.7 Å². The lowest BCUT2D eigenvalue weighted by Crippen LogP contribution is -2.20. The minimum Gasteiger partial charge on any atom is -0.272 e. The van der Waals surface area contributed by atoms with E-state index in [4.69, 9.17) is 0 Å². The molecule has 0 fully saturated rings. The van der Waals surface area contributed by atoms with E-state index in [1.807, 2.05) is 48.7 Å². The molecule has 2 aromatic heterocycles. The van der Waals surface area contributed by atoms with Gasteiger partial charge in [-0.1, -0.05) is 30.0 Å². The summed E-state index contributed by atoms with van der Waals surface area (Å²) >= 11 is 4.63. The van der Waals surface area contributed by atoms with Crippen LogP contribution in [0.5, 0.6) is 0 Å². The molecule has 0 atom stereocenters. The van der Waals surface area contributed by atoms with Gasteiger partial charge in [0.1, 0.15) is 0 Å². The minimum atomic E-state index is -0.125. The van der Waals surface area contributed by atoms with Crippen LogP contribution >= 0.6 is 34.4 Å². The van der Waals surface area contributed by atoms with Crippen molar-refractivity contribution < 1.29 is 4.79 Å². The maximum Gasteiger partial charge on any atom is 0.250 e. The van der Waals surface area contributed by atoms with Gasteiger partial charge >= 0.3 is 0 Å². The molecule has 1 N–H and O–H groups in total. The van der Waals surface area contributed by atoms with E-state index in [-0.39, 0.29) is 5.91 Å². The molecule has 0 aliphatic carbocycles. The summed E-state index contributed by atoms with van der Waals surface area (Å²) in [7, 11) is 0. The molecule has 0 unspecified atom stereocenters. The molecule has 4 nitrogen and oxygen atoms in total. The van der Waals surface area contributed by atoms with E-state index in [0.29, 0.717) is 5.75 Å². The maximum absolute atomic E-state index is 11.8. The summed E-state index contributed by atoms with van der Waals surface area (Å²) in [6, 6.07) is 11.9. The highest BCUT2D eigenvalue weighted by molar-refractivity contribution is 8.01. The van der Waals surface area contributed by atoms with Crippen LogP contribution in [0.15, 0.2) is 51.2 Å². The second-order valence-electron chi connectivity index (χ2n) is 4.45. The number of hydrogen-bond donors (Lipinski definition) is 1. The predicted molar refractivity (Wildman–Crippen MR) is 95.0 cm³/mol. The van der Waals surface area contributed by atoms with Crippen LogP contribution in [0.4, 0.5) is 0 Å². The second kappa shape index (κ2) is 7.04. The van der Waals surface area contributed by atoms with E-state index in [1.165, 1.54) is 11.8 Å². The zero-order chi connectivity index (χ0) is 15.4. The Balaban J connectivity index is 1.55. The van der Waals surface area contributed by atoms with Crippen molar-refractivity contribution in [2.45, 2.75) is 11.3 Å². The molecule has 2 heterocycles. The quantitative estimate of drug-likeness (QED) is 0.431. The number of para-hydroxylation sites is 1. The number of hydrazone groups is 1. The Morgan fingerprint density at radius 1 is 1.32 bits per heavy atom. The zero-order valence-electron chi connectivity index (χ0n) is 11.8. The molecule has 1 amide bonds. The third-order valence-electron chi connectivity index (χ3n) is 2.83. The minimum absolute atomic E-state index is 0.125. The average Bonchev–Trinajstić information content (AvgIpc) is 3.19. The van der Waals surface area contributed by atoms with Crippen molar-refractivity contribution in [1.29, 1.82) is 0 Å². The number of nitrogens with zero attached hydrogens (tertiary/aromatic N) is 2. The third-order valence-corrected chi connectivity index (χ3v) is 5.99. The van der Waals surface area contributed by atoms with Gasteiger partial charge in [-0.2, -0.15) is 5.10 Å². The number of carbonyl (C=O) groups excluding carboxylic acids is 1. The van der Waals surface area contributed by atoms with E-state index in [2.05, 4.69) is 15.5 Å². The number of benzene rings is 1. The number of rotatable bonds is 5. The molecule has 0 radical (unpaired) electrons. The maximum atomic E-state index is 11.8. The first-order chi connectivity index (χ1) is 10.7. The molecule has 3 aromatic rings. The van der Waals surface area contributed by atoms with Gasteiger partial charge < -0.3 is 0 Å². The van der Waals surface area contributed by atoms with Gasteiger partial charge in [-0.3, -0.25) is 4.79 Å². The van der Waals surface area contributed by atoms with Gasteiger partial charge in [0.05, 0.1) is 21.7 Å². The Hall–Kier alpha value is -1.70. The van der Waals surface area contributed by atoms with Crippen LogP contribution in [0.3, 0.4) is 0 Å². The van der Waals surface area contributed by atoms with Gasteiger partial charge in [0.15, 0.2) is 4.34 Å². The standard InChI is InChI=1S/C15H13N3OS3/c1-10(12-7-4-8-20-12)17-18-14(19)9-21-15-16-11-5-2-3-6-13(11)22-15/h2-8H,9H2,1H3,(H,18,19)/b17-10+. The third kappa shape index (κ3) is 3.73. The number of hydrogen-bond acceptors (Lipinski definition) is 6. The fourth-order valence-corrected chi connectivity index (χ4v) is 4.30. The molecule has 3 rings (SSSR count). The number of carbonyl (C=O) groups is 1. The highest BCUT2D eigenvalue weighted by Gasteiger charge is 2.07. The van der Waals surface area contributed by atoms with Crippen LogP contribution < -0.4 is 5.43 Å². The first-order valence-corrected chi connectivity index (χ1v) is 9.26. The summed E-state index contributed by atoms with van der Waals surface area (Å²) in [5.41, 5.74) is 4.37. The van der Waals surface area contributed by atoms with Crippen LogP contribution in [0.2, 0.25) is 0 Å². The number of thioether (sulfide) groups is 1. The molecular formula is C15H13N3OS3. The fourth-order valence-electron chi connectivity index (χ4n) is 1.76. The molecule has 1 aromatic carbocycles. The van der Waals surface area contributed by atoms with Gasteiger partial charge in [-0.25, -0.2) is 10.4 Å². The van der Waals surface area contributed by atoms with Crippen LogP contribution in [-0.4, -0.2) is 22.4 Å². The van der Waals surface area contributed by atoms with Crippen LogP contribution in [-0.2, 0) is 4.79 Å². The monoisotopic (exact) mass is 347 g/mol. The second-order valence-corrected chi connectivity index (χ2v) is 7.65. The Morgan fingerprint density at radius 3 is 2.95 bits per heavy atom. The number of thiazole rings is 1. The Kier molecular flexibility index (Phi) is 4.87. The summed E-state index contributed by atoms with van der Waals surface area (Å²) < 4.78 is 2.03. The van der Waals surface area contributed by atoms with E-state index >= 15 is 0 Å². The Morgan fingerprint density at radius 2 is 2.18 bits per heavy atom. The molecule has 0 bridgehead atoms. The molecule has 112 valence electrons. The van der Waals surface area contributed by atoms with Crippen molar-refractivity contribution in [1.82, 2.24) is 10.4 Å². The number of nitrogens with one attached hydrogen (secondary N) is 1. The molecule has 0 aliphatic heterocycles. The fraction of sp³-hybridized carbons (Fsp3) is 0.133. The van der Waals surface area contributed by atoms with E-state index in [0.717, 1.165) is 25.1 Å². The number of fused-ring (bicyclic) bond motifs is 1. The molecular weight excluding hydrogens is 334 g/mol. The summed E-state index contributed by atoms with van der Waals surface area (Å²) in [5.74, 6) is 0.182. The number of amides is 1. The topological polar surface area (TPSA) is 54.4 Å². The van der Waals surface area contributed by atoms with Gasteiger partial charge in [0.25, 0.3) is 5.91 Å². The first-order valence-electron chi connectivity index (χ1n) is 6.58. The molecule has 0 aliphatic rings. The lowest BCUT2D eigenvalue weighted by atomic mass is 10.3. The first kappa shape index (κ1) is 15.2. The summed E-state index contributed by atoms with van der Waals surface area (Å²) in [6.45, 7) is 1.88. The number of aromatic nitrogens is 1. The summed E-state index contributed by atoms with van der Waals surface area (Å²) in [6.07, 6.45) is 0. The molecule has 7 heteroatoms. The van der Waals surface area contributed by atoms with Crippen molar-refractivity contribution in [3.63, 3.8) is 0 Å². The molecule has 0 saturated heterocycles. The summed E-state index contributed by atoms with van der Waals surface area (Å²) in [5, 5.41) is 6.10. The van der Waals surface area contributed by atoms with Crippen LogP contribution in [0.1, 0.15) is 11.8 Å². The predicted octanol–water partition coefficient (Wildman–Crippen LogP) is 3.99. The van der Waals surface area contributed by atoms with Crippen molar-refractivity contribution >= 4 is 56.3 Å². The lowest BCUT2D eigenvalue weighted by molar-refractivity contribution is -0.118. The lowest BCUT2D eigenvalue weighted by Gasteiger charge is -2.00. The van der Waals surface area contributed by atoms with Gasteiger partial charge in [-0.05, 0) is 30.5 Å². The normalized spacial score (nSPS) is 11.8. The smallest absolute Gasteiger partial charge is 0.250 e. The van der Waals surface area contributed by atoms with Crippen LogP contribution in [0.25, 0.3) is 10.2 Å². The SMILES string of the molecule is C/C(=N\NC(=O)CSc1nc2ccccc2s1)c1cccs1. The molecule has 0 spiro atoms. The highest BCUT2D eigenvalue weighted by atomic mass is 32.2. The van der Waals surface area contributed by atoms with Crippen LogP contribution in [0, 0.1) is 0 Å². The van der Waals surface area contributed by atoms with E-state index < -0.39 is 0 Å². The van der Waals surface area contributed by atoms with Crippen molar-refractivity contribution in [3.8, 4) is 0 Å². The molecule has 22 heavy (non-hydrogen) atoms. The average molecular weight is 347 g/mol.